The predicted molar refractivity (Wildman–Crippen MR) is 300 cm³/mol. The van der Waals surface area contributed by atoms with Crippen LogP contribution in [0.3, 0.4) is 0 Å². The molecule has 16 nitrogen and oxygen atoms in total. The predicted octanol–water partition coefficient (Wildman–Crippen LogP) is 9.38. The monoisotopic (exact) mass is 1130 g/mol. The number of aliphatic hydroxyl groups excluding tert-OH is 2. The van der Waals surface area contributed by atoms with Gasteiger partial charge >= 0.3 is 24.0 Å². The van der Waals surface area contributed by atoms with E-state index in [0.29, 0.717) is 51.3 Å². The molecule has 2 aliphatic rings. The van der Waals surface area contributed by atoms with E-state index in [-0.39, 0.29) is 87.6 Å². The van der Waals surface area contributed by atoms with Crippen molar-refractivity contribution in [3.05, 3.63) is 171 Å². The van der Waals surface area contributed by atoms with Gasteiger partial charge in [-0.1, -0.05) is 126 Å². The first-order valence-corrected chi connectivity index (χ1v) is 28.6. The second kappa shape index (κ2) is 30.7. The molecule has 4 aromatic carbocycles. The second-order valence-electron chi connectivity index (χ2n) is 18.6. The number of amides is 2. The van der Waals surface area contributed by atoms with Gasteiger partial charge in [-0.3, -0.25) is 9.59 Å². The summed E-state index contributed by atoms with van der Waals surface area (Å²) in [6.45, 7) is 8.03. The molecule has 0 saturated heterocycles. The first-order chi connectivity index (χ1) is 37.6. The van der Waals surface area contributed by atoms with Gasteiger partial charge in [0.05, 0.1) is 74.4 Å². The zero-order chi connectivity index (χ0) is 56.1. The number of carbonyl (C=O) groups is 5. The van der Waals surface area contributed by atoms with Gasteiger partial charge < -0.3 is 54.7 Å². The first-order valence-electron chi connectivity index (χ1n) is 25.8. The van der Waals surface area contributed by atoms with E-state index in [9.17, 15) is 38.6 Å². The quantitative estimate of drug-likeness (QED) is 0.0155. The van der Waals surface area contributed by atoms with Gasteiger partial charge in [0.15, 0.2) is 0 Å². The van der Waals surface area contributed by atoms with E-state index in [2.05, 4.69) is 20.9 Å². The van der Waals surface area contributed by atoms with Crippen molar-refractivity contribution in [1.82, 2.24) is 15.5 Å². The Morgan fingerprint density at radius 3 is 2.09 bits per heavy atom. The Morgan fingerprint density at radius 1 is 0.782 bits per heavy atom. The Hall–Kier alpha value is -6.35. The van der Waals surface area contributed by atoms with Gasteiger partial charge in [-0.05, 0) is 79.6 Å². The van der Waals surface area contributed by atoms with Crippen LogP contribution in [0.4, 0.5) is 14.9 Å². The van der Waals surface area contributed by atoms with Gasteiger partial charge in [0.25, 0.3) is 5.91 Å². The van der Waals surface area contributed by atoms with E-state index in [1.165, 1.54) is 40.8 Å². The van der Waals surface area contributed by atoms with Crippen LogP contribution in [0.5, 0.6) is 0 Å². The first kappa shape index (κ1) is 60.9. The fourth-order valence-electron chi connectivity index (χ4n) is 9.56. The highest BCUT2D eigenvalue weighted by atomic mass is 35.5. The summed E-state index contributed by atoms with van der Waals surface area (Å²) in [6, 6.07) is 31.6. The molecule has 4 aromatic rings. The van der Waals surface area contributed by atoms with Crippen LogP contribution in [-0.4, -0.2) is 122 Å². The molecule has 0 bridgehead atoms. The molecule has 0 aliphatic carbocycles. The SMILES string of the molecule is CCOC(=O)C1=C(COCCNC(=O)OCCSSCCOC(=O)C[C@H](O)C[C@H](O)CCN2C(C(C)C)=C(C(=O)Nc3ccccc3)C(c3ccccc3)C2c2ccc(F)cc2)NC(C)=C(C(=O)OC)C1c1ccccc1Cl. The maximum Gasteiger partial charge on any atom is 0.407 e. The number of nitrogens with zero attached hydrogens (tertiary/aromatic N) is 1. The van der Waals surface area contributed by atoms with Crippen LogP contribution in [0.1, 0.15) is 81.5 Å². The number of esters is 3. The number of ether oxygens (including phenoxy) is 5. The molecular formula is C58H68ClFN4O12S2. The Morgan fingerprint density at radius 2 is 1.44 bits per heavy atom. The fourth-order valence-corrected chi connectivity index (χ4v) is 11.5. The van der Waals surface area contributed by atoms with Crippen molar-refractivity contribution < 1.29 is 62.3 Å². The second-order valence-corrected chi connectivity index (χ2v) is 21.7. The zero-order valence-electron chi connectivity index (χ0n) is 44.3. The number of alkyl carbamates (subject to hydrolysis) is 1. The van der Waals surface area contributed by atoms with Gasteiger partial charge in [-0.15, -0.1) is 0 Å². The lowest BCUT2D eigenvalue weighted by molar-refractivity contribution is -0.145. The maximum absolute atomic E-state index is 14.4. The highest BCUT2D eigenvalue weighted by molar-refractivity contribution is 8.76. The molecule has 0 fully saturated rings. The Bertz CT molecular complexity index is 2770. The lowest BCUT2D eigenvalue weighted by Gasteiger charge is -2.35. The van der Waals surface area contributed by atoms with Crippen LogP contribution in [-0.2, 0) is 42.9 Å². The number of benzene rings is 4. The minimum absolute atomic E-state index is 0.0615. The number of hydrogen-bond acceptors (Lipinski definition) is 16. The van der Waals surface area contributed by atoms with Crippen molar-refractivity contribution in [3.63, 3.8) is 0 Å². The molecule has 5 N–H and O–H groups in total. The number of methoxy groups -OCH3 is 1. The smallest absolute Gasteiger partial charge is 0.407 e. The van der Waals surface area contributed by atoms with E-state index >= 15 is 0 Å². The van der Waals surface area contributed by atoms with Crippen LogP contribution in [0, 0.1) is 11.7 Å². The van der Waals surface area contributed by atoms with Gasteiger partial charge in [0, 0.05) is 58.2 Å². The van der Waals surface area contributed by atoms with Crippen molar-refractivity contribution in [2.24, 2.45) is 5.92 Å². The number of anilines is 1. The normalized spacial score (nSPS) is 17.1. The Kier molecular flexibility index (Phi) is 24.0. The van der Waals surface area contributed by atoms with Crippen molar-refractivity contribution >= 4 is 68.8 Å². The highest BCUT2D eigenvalue weighted by Crippen LogP contribution is 2.52. The van der Waals surface area contributed by atoms with Gasteiger partial charge in [0.2, 0.25) is 0 Å². The van der Waals surface area contributed by atoms with Gasteiger partial charge in [0.1, 0.15) is 19.0 Å². The third-order valence-corrected chi connectivity index (χ3v) is 15.5. The molecule has 20 heteroatoms. The summed E-state index contributed by atoms with van der Waals surface area (Å²) in [4.78, 5) is 68.0. The topological polar surface area (TPSA) is 211 Å². The standard InChI is InChI=1S/C58H68ClFN4O12S2/c1-6-74-57(70)51-46(62-37(4)48(56(69)72-5)50(51)44-19-13-14-20-45(44)59)35-73-28-26-61-58(71)76-30-32-78-77-31-29-75-47(67)34-43(66)33-42(65)25-27-64-53(36(2)3)52(55(68)63-41-17-11-8-12-18-41)49(38-15-9-7-10-16-38)54(64)39-21-23-40(60)24-22-39/h7-24,36,42-43,49-50,54,62,65-66H,6,25-35H2,1-5H3,(H,61,71)(H,63,68)/t42-,43-,49?,50?,54?/m1/s1. The number of aliphatic hydroxyl groups is 2. The van der Waals surface area contributed by atoms with E-state index in [0.717, 1.165) is 16.8 Å². The molecule has 2 aliphatic heterocycles. The van der Waals surface area contributed by atoms with Crippen LogP contribution in [0.25, 0.3) is 0 Å². The average molecular weight is 1130 g/mol. The van der Waals surface area contributed by atoms with Gasteiger partial charge in [-0.2, -0.15) is 0 Å². The minimum Gasteiger partial charge on any atom is -0.466 e. The molecule has 78 heavy (non-hydrogen) atoms. The van der Waals surface area contributed by atoms with Crippen LogP contribution >= 0.6 is 33.2 Å². The van der Waals surface area contributed by atoms with Crippen molar-refractivity contribution in [3.8, 4) is 0 Å². The molecule has 418 valence electrons. The number of halogens is 2. The van der Waals surface area contributed by atoms with Crippen molar-refractivity contribution in [2.75, 3.05) is 70.1 Å². The molecular weight excluding hydrogens is 1060 g/mol. The zero-order valence-corrected chi connectivity index (χ0v) is 46.7. The Labute approximate surface area is 467 Å². The fraction of sp³-hybridized carbons (Fsp3) is 0.397. The summed E-state index contributed by atoms with van der Waals surface area (Å²) < 4.78 is 41.2. The lowest BCUT2D eigenvalue weighted by Crippen LogP contribution is -2.35. The van der Waals surface area contributed by atoms with E-state index in [4.69, 9.17) is 35.3 Å². The lowest BCUT2D eigenvalue weighted by atomic mass is 9.80. The average Bonchev–Trinajstić information content (AvgIpc) is 3.89. The van der Waals surface area contributed by atoms with E-state index in [1.54, 1.807) is 50.2 Å². The van der Waals surface area contributed by atoms with Crippen LogP contribution in [0.2, 0.25) is 5.02 Å². The summed E-state index contributed by atoms with van der Waals surface area (Å²) >= 11 is 6.57. The minimum atomic E-state index is -1.17. The number of para-hydroxylation sites is 1. The number of hydrogen-bond donors (Lipinski definition) is 5. The molecule has 5 atom stereocenters. The Balaban J connectivity index is 0.907. The summed E-state index contributed by atoms with van der Waals surface area (Å²) in [7, 11) is 4.09. The van der Waals surface area contributed by atoms with Crippen molar-refractivity contribution in [2.45, 2.75) is 77.0 Å². The van der Waals surface area contributed by atoms with Crippen LogP contribution < -0.4 is 16.0 Å². The molecule has 0 spiro atoms. The van der Waals surface area contributed by atoms with Gasteiger partial charge in [-0.25, -0.2) is 18.8 Å². The summed E-state index contributed by atoms with van der Waals surface area (Å²) in [5.74, 6) is -3.12. The number of nitrogens with one attached hydrogen (secondary N) is 3. The molecule has 0 aromatic heterocycles. The third kappa shape index (κ3) is 16.8. The van der Waals surface area contributed by atoms with Crippen LogP contribution in [0.15, 0.2) is 143 Å². The molecule has 2 amide bonds. The molecule has 2 heterocycles. The van der Waals surface area contributed by atoms with Crippen molar-refractivity contribution in [1.29, 1.82) is 0 Å². The number of rotatable bonds is 28. The maximum atomic E-state index is 14.4. The summed E-state index contributed by atoms with van der Waals surface area (Å²) in [5, 5.41) is 31.3. The van der Waals surface area contributed by atoms with E-state index < -0.39 is 54.1 Å². The molecule has 0 saturated carbocycles. The number of carbonyl (C=O) groups excluding carboxylic acids is 5. The number of dihydropyridines is 1. The summed E-state index contributed by atoms with van der Waals surface area (Å²) in [6.07, 6.45) is -3.03. The molecule has 6 rings (SSSR count). The van der Waals surface area contributed by atoms with E-state index in [1.807, 2.05) is 74.5 Å². The molecule has 0 radical (unpaired) electrons. The third-order valence-electron chi connectivity index (χ3n) is 12.8. The number of allylic oxidation sites excluding steroid dienone is 2. The molecule has 3 unspecified atom stereocenters. The highest BCUT2D eigenvalue weighted by Gasteiger charge is 2.46. The summed E-state index contributed by atoms with van der Waals surface area (Å²) in [5.41, 5.74) is 5.40. The largest absolute Gasteiger partial charge is 0.466 e.